The molecule has 10 nitrogen and oxygen atoms in total. The first-order chi connectivity index (χ1) is 17.3. The Labute approximate surface area is 210 Å². The van der Waals surface area contributed by atoms with Crippen molar-refractivity contribution in [2.45, 2.75) is 61.7 Å². The van der Waals surface area contributed by atoms with E-state index in [0.29, 0.717) is 37.6 Å². The molecular weight excluding hydrogens is 488 g/mol. The van der Waals surface area contributed by atoms with Gasteiger partial charge >= 0.3 is 6.09 Å². The van der Waals surface area contributed by atoms with E-state index in [1.165, 1.54) is 18.2 Å². The second-order valence-corrected chi connectivity index (χ2v) is 10.8. The monoisotopic (exact) mass is 520 g/mol. The molecule has 1 amide bonds. The summed E-state index contributed by atoms with van der Waals surface area (Å²) in [6, 6.07) is 12.4. The number of hydrogen-bond acceptors (Lipinski definition) is 7. The fraction of sp³-hybridized carbons (Fsp3) is 0.480. The Hall–Kier alpha value is -2.86. The molecule has 0 spiro atoms. The molecule has 3 N–H and O–H groups in total. The van der Waals surface area contributed by atoms with Crippen molar-refractivity contribution in [1.29, 1.82) is 0 Å². The minimum Gasteiger partial charge on any atom is -0.486 e. The van der Waals surface area contributed by atoms with Crippen molar-refractivity contribution >= 4 is 16.1 Å². The van der Waals surface area contributed by atoms with Gasteiger partial charge in [0.2, 0.25) is 0 Å². The van der Waals surface area contributed by atoms with Crippen molar-refractivity contribution in [3.8, 4) is 11.5 Å². The minimum absolute atomic E-state index is 0.0689. The predicted molar refractivity (Wildman–Crippen MR) is 130 cm³/mol. The zero-order valence-corrected chi connectivity index (χ0v) is 20.7. The number of amides is 1. The molecule has 1 fully saturated rings. The molecule has 2 aliphatic rings. The van der Waals surface area contributed by atoms with E-state index in [4.69, 9.17) is 14.3 Å². The zero-order chi connectivity index (χ0) is 25.5. The normalized spacial score (nSPS) is 17.9. The maximum atomic E-state index is 13.7. The van der Waals surface area contributed by atoms with Gasteiger partial charge in [0, 0.05) is 6.07 Å². The van der Waals surface area contributed by atoms with Gasteiger partial charge in [0.25, 0.3) is 10.0 Å². The summed E-state index contributed by atoms with van der Waals surface area (Å²) in [5.74, 6) is 0.767. The number of carboxylic acid groups (broad SMARTS) is 1. The lowest BCUT2D eigenvalue weighted by molar-refractivity contribution is -0.156. The first-order valence-corrected chi connectivity index (χ1v) is 13.6. The molecule has 2 aromatic carbocycles. The van der Waals surface area contributed by atoms with E-state index in [1.54, 1.807) is 0 Å². The number of ether oxygens (including phenoxy) is 2. The molecule has 36 heavy (non-hydrogen) atoms. The number of rotatable bonds is 10. The van der Waals surface area contributed by atoms with E-state index in [-0.39, 0.29) is 17.4 Å². The molecule has 1 aliphatic heterocycles. The third kappa shape index (κ3) is 6.67. The van der Waals surface area contributed by atoms with E-state index in [2.05, 4.69) is 5.32 Å². The molecule has 2 aromatic rings. The molecular formula is C25H32N2O8S. The summed E-state index contributed by atoms with van der Waals surface area (Å²) in [4.78, 5) is 17.4. The van der Waals surface area contributed by atoms with Gasteiger partial charge in [0.1, 0.15) is 13.2 Å². The summed E-state index contributed by atoms with van der Waals surface area (Å²) < 4.78 is 39.2. The van der Waals surface area contributed by atoms with Gasteiger partial charge in [-0.25, -0.2) is 13.2 Å². The highest BCUT2D eigenvalue weighted by atomic mass is 32.2. The highest BCUT2D eigenvalue weighted by Gasteiger charge is 2.34. The predicted octanol–water partition coefficient (Wildman–Crippen LogP) is 2.95. The summed E-state index contributed by atoms with van der Waals surface area (Å²) in [6.07, 6.45) is 1.45. The summed E-state index contributed by atoms with van der Waals surface area (Å²) >= 11 is 0. The van der Waals surface area contributed by atoms with Crippen molar-refractivity contribution in [2.24, 2.45) is 0 Å². The van der Waals surface area contributed by atoms with Crippen LogP contribution in [-0.2, 0) is 21.3 Å². The van der Waals surface area contributed by atoms with Crippen molar-refractivity contribution in [1.82, 2.24) is 9.79 Å². The molecule has 196 valence electrons. The van der Waals surface area contributed by atoms with Gasteiger partial charge in [-0.3, -0.25) is 4.84 Å². The van der Waals surface area contributed by atoms with Crippen LogP contribution in [0.1, 0.15) is 37.7 Å². The molecule has 1 aliphatic carbocycles. The van der Waals surface area contributed by atoms with Crippen molar-refractivity contribution < 1.29 is 37.7 Å². The Kier molecular flexibility index (Phi) is 8.68. The van der Waals surface area contributed by atoms with Gasteiger partial charge in [-0.15, -0.1) is 0 Å². The lowest BCUT2D eigenvalue weighted by Gasteiger charge is -2.32. The van der Waals surface area contributed by atoms with E-state index in [1.807, 2.05) is 30.3 Å². The van der Waals surface area contributed by atoms with Crippen LogP contribution in [0.5, 0.6) is 11.5 Å². The molecule has 0 unspecified atom stereocenters. The van der Waals surface area contributed by atoms with Crippen LogP contribution in [0.25, 0.3) is 0 Å². The van der Waals surface area contributed by atoms with Crippen molar-refractivity contribution in [3.63, 3.8) is 0 Å². The van der Waals surface area contributed by atoms with E-state index in [9.17, 15) is 23.4 Å². The molecule has 0 saturated heterocycles. The van der Waals surface area contributed by atoms with Crippen LogP contribution in [0, 0.1) is 0 Å². The van der Waals surface area contributed by atoms with Crippen LogP contribution >= 0.6 is 0 Å². The highest BCUT2D eigenvalue weighted by molar-refractivity contribution is 7.89. The lowest BCUT2D eigenvalue weighted by Crippen LogP contribution is -2.50. The average Bonchev–Trinajstić information content (AvgIpc) is 2.88. The maximum Gasteiger partial charge on any atom is 0.404 e. The molecule has 0 aromatic heterocycles. The summed E-state index contributed by atoms with van der Waals surface area (Å²) in [6.45, 7) is 0.228. The van der Waals surface area contributed by atoms with E-state index in [0.717, 1.165) is 29.3 Å². The molecule has 0 radical (unpaired) electrons. The number of aliphatic hydroxyl groups excluding tert-OH is 1. The smallest absolute Gasteiger partial charge is 0.404 e. The second-order valence-electron chi connectivity index (χ2n) is 8.97. The zero-order valence-electron chi connectivity index (χ0n) is 19.9. The van der Waals surface area contributed by atoms with Crippen LogP contribution < -0.4 is 14.8 Å². The topological polar surface area (TPSA) is 135 Å². The number of carbonyl (C=O) groups is 1. The Bertz CT molecular complexity index is 1120. The van der Waals surface area contributed by atoms with Crippen molar-refractivity contribution in [3.05, 3.63) is 54.1 Å². The molecule has 4 rings (SSSR count). The van der Waals surface area contributed by atoms with Crippen LogP contribution in [0.4, 0.5) is 4.79 Å². The number of sulfonamides is 1. The number of hydrogen-bond donors (Lipinski definition) is 3. The van der Waals surface area contributed by atoms with Crippen LogP contribution in [0.2, 0.25) is 0 Å². The number of benzene rings is 2. The summed E-state index contributed by atoms with van der Waals surface area (Å²) in [5.41, 5.74) is 0.796. The standard InChI is InChI=1S/C25H32N2O8S/c28-22(21(26-25(29)30)15-18-7-3-1-4-8-18)17-27(35-19-9-5-2-6-10-19)36(31,32)20-11-12-23-24(16-20)34-14-13-33-23/h1,3-4,7-8,11-12,16,19,21-22,26,28H,2,5-6,9-10,13-15,17H2,(H,29,30)/t21-,22+/m0/s1. The maximum absolute atomic E-state index is 13.7. The van der Waals surface area contributed by atoms with Gasteiger partial charge < -0.3 is 25.0 Å². The first kappa shape index (κ1) is 26.2. The van der Waals surface area contributed by atoms with Gasteiger partial charge in [-0.05, 0) is 37.0 Å². The Balaban J connectivity index is 1.59. The molecule has 1 saturated carbocycles. The second kappa shape index (κ2) is 11.9. The van der Waals surface area contributed by atoms with Gasteiger partial charge in [-0.2, -0.15) is 0 Å². The largest absolute Gasteiger partial charge is 0.486 e. The number of aliphatic hydroxyl groups is 1. The fourth-order valence-electron chi connectivity index (χ4n) is 4.43. The summed E-state index contributed by atoms with van der Waals surface area (Å²) in [5, 5.41) is 22.7. The number of fused-ring (bicyclic) bond motifs is 1. The van der Waals surface area contributed by atoms with Crippen LogP contribution in [0.15, 0.2) is 53.4 Å². The van der Waals surface area contributed by atoms with Gasteiger partial charge in [-0.1, -0.05) is 54.1 Å². The average molecular weight is 521 g/mol. The summed E-state index contributed by atoms with van der Waals surface area (Å²) in [7, 11) is -4.22. The van der Waals surface area contributed by atoms with Crippen LogP contribution in [-0.4, -0.2) is 67.2 Å². The van der Waals surface area contributed by atoms with Gasteiger partial charge in [0.15, 0.2) is 11.5 Å². The number of hydroxylamine groups is 1. The Morgan fingerprint density at radius 1 is 1.06 bits per heavy atom. The number of nitrogens with one attached hydrogen (secondary N) is 1. The third-order valence-corrected chi connectivity index (χ3v) is 7.93. The Morgan fingerprint density at radius 3 is 2.44 bits per heavy atom. The van der Waals surface area contributed by atoms with E-state index >= 15 is 0 Å². The third-order valence-electron chi connectivity index (χ3n) is 6.31. The lowest BCUT2D eigenvalue weighted by atomic mass is 9.98. The molecule has 11 heteroatoms. The quantitative estimate of drug-likeness (QED) is 0.407. The first-order valence-electron chi connectivity index (χ1n) is 12.1. The van der Waals surface area contributed by atoms with Crippen molar-refractivity contribution in [2.75, 3.05) is 19.8 Å². The highest BCUT2D eigenvalue weighted by Crippen LogP contribution is 2.34. The molecule has 0 bridgehead atoms. The fourth-order valence-corrected chi connectivity index (χ4v) is 5.74. The minimum atomic E-state index is -4.22. The van der Waals surface area contributed by atoms with E-state index < -0.39 is 34.8 Å². The molecule has 2 atom stereocenters. The SMILES string of the molecule is O=C(O)N[C@@H](Cc1ccccc1)[C@H](O)CN(OC1CCCCC1)S(=O)(=O)c1ccc2c(c1)OCCO2. The Morgan fingerprint density at radius 2 is 1.75 bits per heavy atom. The van der Waals surface area contributed by atoms with Gasteiger partial charge in [0.05, 0.1) is 29.7 Å². The molecule has 1 heterocycles. The van der Waals surface area contributed by atoms with Crippen LogP contribution in [0.3, 0.4) is 0 Å². The number of nitrogens with zero attached hydrogens (tertiary/aromatic N) is 1.